The van der Waals surface area contributed by atoms with Gasteiger partial charge in [0, 0.05) is 26.1 Å². The second-order valence-electron chi connectivity index (χ2n) is 4.86. The SMILES string of the molecule is CCCNCCNC(=O)CCNC(=O)Cc1ccccc1.Cl. The number of nitrogens with one attached hydrogen (secondary N) is 3. The lowest BCUT2D eigenvalue weighted by molar-refractivity contribution is -0.122. The van der Waals surface area contributed by atoms with Gasteiger partial charge in [0.2, 0.25) is 11.8 Å². The molecule has 0 aliphatic heterocycles. The van der Waals surface area contributed by atoms with Crippen molar-refractivity contribution in [1.82, 2.24) is 16.0 Å². The third-order valence-corrected chi connectivity index (χ3v) is 2.93. The van der Waals surface area contributed by atoms with Crippen LogP contribution in [0.1, 0.15) is 25.3 Å². The zero-order valence-electron chi connectivity index (χ0n) is 13.1. The van der Waals surface area contributed by atoms with Crippen molar-refractivity contribution in [3.05, 3.63) is 35.9 Å². The molecule has 0 spiro atoms. The third kappa shape index (κ3) is 10.2. The summed E-state index contributed by atoms with van der Waals surface area (Å²) in [5.41, 5.74) is 0.974. The molecule has 2 amide bonds. The maximum absolute atomic E-state index is 11.7. The smallest absolute Gasteiger partial charge is 0.224 e. The molecule has 0 fully saturated rings. The Balaban J connectivity index is 0.00000441. The highest BCUT2D eigenvalue weighted by molar-refractivity contribution is 5.85. The summed E-state index contributed by atoms with van der Waals surface area (Å²) in [7, 11) is 0. The maximum Gasteiger partial charge on any atom is 0.224 e. The van der Waals surface area contributed by atoms with Gasteiger partial charge < -0.3 is 16.0 Å². The van der Waals surface area contributed by atoms with Crippen molar-refractivity contribution in [3.63, 3.8) is 0 Å². The predicted octanol–water partition coefficient (Wildman–Crippen LogP) is 1.27. The number of hydrogen-bond donors (Lipinski definition) is 3. The van der Waals surface area contributed by atoms with E-state index < -0.39 is 0 Å². The fourth-order valence-electron chi connectivity index (χ4n) is 1.84. The van der Waals surface area contributed by atoms with Crippen molar-refractivity contribution in [2.75, 3.05) is 26.2 Å². The van der Waals surface area contributed by atoms with E-state index in [1.165, 1.54) is 0 Å². The minimum atomic E-state index is -0.0568. The number of amides is 2. The molecule has 0 saturated carbocycles. The van der Waals surface area contributed by atoms with E-state index in [0.29, 0.717) is 25.9 Å². The predicted molar refractivity (Wildman–Crippen MR) is 91.2 cm³/mol. The summed E-state index contributed by atoms with van der Waals surface area (Å²) in [4.78, 5) is 23.2. The Kier molecular flexibility index (Phi) is 12.2. The van der Waals surface area contributed by atoms with Gasteiger partial charge in [-0.2, -0.15) is 0 Å². The van der Waals surface area contributed by atoms with Crippen molar-refractivity contribution in [2.24, 2.45) is 0 Å². The molecule has 5 nitrogen and oxygen atoms in total. The zero-order valence-corrected chi connectivity index (χ0v) is 13.9. The van der Waals surface area contributed by atoms with E-state index >= 15 is 0 Å². The van der Waals surface area contributed by atoms with Crippen LogP contribution in [0.15, 0.2) is 30.3 Å². The Labute approximate surface area is 138 Å². The fraction of sp³-hybridized carbons (Fsp3) is 0.500. The summed E-state index contributed by atoms with van der Waals surface area (Å²) in [6.07, 6.45) is 1.75. The molecule has 0 aliphatic rings. The van der Waals surface area contributed by atoms with Crippen LogP contribution < -0.4 is 16.0 Å². The van der Waals surface area contributed by atoms with Crippen molar-refractivity contribution in [3.8, 4) is 0 Å². The Bertz CT molecular complexity index is 427. The normalized spacial score (nSPS) is 9.68. The molecule has 6 heteroatoms. The fourth-order valence-corrected chi connectivity index (χ4v) is 1.84. The highest BCUT2D eigenvalue weighted by Gasteiger charge is 2.04. The number of rotatable bonds is 10. The molecule has 1 aromatic carbocycles. The summed E-state index contributed by atoms with van der Waals surface area (Å²) in [5.74, 6) is -0.0908. The third-order valence-electron chi connectivity index (χ3n) is 2.93. The first kappa shape index (κ1) is 20.4. The molecule has 0 bridgehead atoms. The van der Waals surface area contributed by atoms with Crippen LogP contribution in [-0.2, 0) is 16.0 Å². The average molecular weight is 328 g/mol. The van der Waals surface area contributed by atoms with E-state index in [-0.39, 0.29) is 24.2 Å². The molecule has 0 aliphatic carbocycles. The average Bonchev–Trinajstić information content (AvgIpc) is 2.48. The lowest BCUT2D eigenvalue weighted by Crippen LogP contribution is -2.35. The molecule has 22 heavy (non-hydrogen) atoms. The quantitative estimate of drug-likeness (QED) is 0.567. The Morgan fingerprint density at radius 3 is 2.27 bits per heavy atom. The lowest BCUT2D eigenvalue weighted by atomic mass is 10.1. The van der Waals surface area contributed by atoms with Gasteiger partial charge in [0.15, 0.2) is 0 Å². The van der Waals surface area contributed by atoms with E-state index in [1.807, 2.05) is 30.3 Å². The molecule has 0 radical (unpaired) electrons. The minimum Gasteiger partial charge on any atom is -0.355 e. The van der Waals surface area contributed by atoms with Crippen molar-refractivity contribution < 1.29 is 9.59 Å². The van der Waals surface area contributed by atoms with Crippen LogP contribution in [0.4, 0.5) is 0 Å². The molecule has 0 atom stereocenters. The molecular weight excluding hydrogens is 302 g/mol. The van der Waals surface area contributed by atoms with Gasteiger partial charge in [-0.3, -0.25) is 9.59 Å². The molecule has 0 unspecified atom stereocenters. The largest absolute Gasteiger partial charge is 0.355 e. The first-order chi connectivity index (χ1) is 10.2. The van der Waals surface area contributed by atoms with E-state index in [9.17, 15) is 9.59 Å². The van der Waals surface area contributed by atoms with E-state index in [4.69, 9.17) is 0 Å². The van der Waals surface area contributed by atoms with Gasteiger partial charge in [-0.25, -0.2) is 0 Å². The Hall–Kier alpha value is -1.59. The van der Waals surface area contributed by atoms with Gasteiger partial charge in [-0.15, -0.1) is 12.4 Å². The van der Waals surface area contributed by atoms with Gasteiger partial charge in [0.05, 0.1) is 6.42 Å². The molecule has 0 heterocycles. The van der Waals surface area contributed by atoms with E-state index in [1.54, 1.807) is 0 Å². The standard InChI is InChI=1S/C16H25N3O2.ClH/c1-2-9-17-11-12-19-15(20)8-10-18-16(21)13-14-6-4-3-5-7-14;/h3-7,17H,2,8-13H2,1H3,(H,18,21)(H,19,20);1H. The minimum absolute atomic E-state index is 0. The number of benzene rings is 1. The number of carbonyl (C=O) groups is 2. The molecule has 124 valence electrons. The van der Waals surface area contributed by atoms with Gasteiger partial charge in [0.25, 0.3) is 0 Å². The second-order valence-corrected chi connectivity index (χ2v) is 4.86. The molecular formula is C16H26ClN3O2. The van der Waals surface area contributed by atoms with Crippen LogP contribution in [0.5, 0.6) is 0 Å². The van der Waals surface area contributed by atoms with Gasteiger partial charge >= 0.3 is 0 Å². The summed E-state index contributed by atoms with van der Waals surface area (Å²) in [6, 6.07) is 9.55. The lowest BCUT2D eigenvalue weighted by Gasteiger charge is -2.07. The Morgan fingerprint density at radius 2 is 1.59 bits per heavy atom. The summed E-state index contributed by atoms with van der Waals surface area (Å²) in [5, 5.41) is 8.78. The van der Waals surface area contributed by atoms with Crippen LogP contribution >= 0.6 is 12.4 Å². The first-order valence-corrected chi connectivity index (χ1v) is 7.50. The summed E-state index contributed by atoms with van der Waals surface area (Å²) in [6.45, 7) is 4.84. The van der Waals surface area contributed by atoms with Gasteiger partial charge in [0.1, 0.15) is 0 Å². The van der Waals surface area contributed by atoms with Crippen molar-refractivity contribution in [2.45, 2.75) is 26.2 Å². The molecule has 0 aromatic heterocycles. The second kappa shape index (κ2) is 13.1. The van der Waals surface area contributed by atoms with Gasteiger partial charge in [-0.05, 0) is 18.5 Å². The monoisotopic (exact) mass is 327 g/mol. The highest BCUT2D eigenvalue weighted by Crippen LogP contribution is 1.98. The van der Waals surface area contributed by atoms with Crippen molar-refractivity contribution in [1.29, 1.82) is 0 Å². The van der Waals surface area contributed by atoms with Crippen LogP contribution in [0.3, 0.4) is 0 Å². The number of hydrogen-bond acceptors (Lipinski definition) is 3. The molecule has 1 rings (SSSR count). The maximum atomic E-state index is 11.7. The van der Waals surface area contributed by atoms with Gasteiger partial charge in [-0.1, -0.05) is 37.3 Å². The number of carbonyl (C=O) groups excluding carboxylic acids is 2. The van der Waals surface area contributed by atoms with E-state index in [2.05, 4.69) is 22.9 Å². The highest BCUT2D eigenvalue weighted by atomic mass is 35.5. The first-order valence-electron chi connectivity index (χ1n) is 7.50. The van der Waals surface area contributed by atoms with Crippen LogP contribution in [0, 0.1) is 0 Å². The molecule has 0 saturated heterocycles. The summed E-state index contributed by atoms with van der Waals surface area (Å²) >= 11 is 0. The molecule has 3 N–H and O–H groups in total. The zero-order chi connectivity index (χ0) is 15.3. The van der Waals surface area contributed by atoms with Crippen molar-refractivity contribution >= 4 is 24.2 Å². The van der Waals surface area contributed by atoms with Crippen LogP contribution in [0.25, 0.3) is 0 Å². The van der Waals surface area contributed by atoms with E-state index in [0.717, 1.165) is 25.1 Å². The topological polar surface area (TPSA) is 70.2 Å². The Morgan fingerprint density at radius 1 is 0.909 bits per heavy atom. The van der Waals surface area contributed by atoms with Crippen LogP contribution in [-0.4, -0.2) is 38.0 Å². The van der Waals surface area contributed by atoms with Crippen LogP contribution in [0.2, 0.25) is 0 Å². The summed E-state index contributed by atoms with van der Waals surface area (Å²) < 4.78 is 0. The number of halogens is 1. The molecule has 1 aromatic rings.